The number of urea groups is 1. The molecular formula is C13H20N2O3S. The summed E-state index contributed by atoms with van der Waals surface area (Å²) in [6.45, 7) is 2.33. The van der Waals surface area contributed by atoms with Crippen molar-refractivity contribution in [3.8, 4) is 0 Å². The molecule has 1 aliphatic heterocycles. The summed E-state index contributed by atoms with van der Waals surface area (Å²) >= 11 is 1.60. The second-order valence-corrected chi connectivity index (χ2v) is 6.64. The van der Waals surface area contributed by atoms with Gasteiger partial charge in [-0.15, -0.1) is 0 Å². The van der Waals surface area contributed by atoms with E-state index < -0.39 is 17.4 Å². The molecule has 6 heteroatoms. The van der Waals surface area contributed by atoms with Gasteiger partial charge < -0.3 is 0 Å². The highest BCUT2D eigenvalue weighted by molar-refractivity contribution is 7.99. The summed E-state index contributed by atoms with van der Waals surface area (Å²) < 4.78 is 0. The minimum absolute atomic E-state index is 0.170. The summed E-state index contributed by atoms with van der Waals surface area (Å²) in [6.07, 6.45) is 5.87. The number of thioether (sulfide) groups is 1. The molecular weight excluding hydrogens is 264 g/mol. The molecule has 0 bridgehead atoms. The normalized spacial score (nSPS) is 24.5. The number of nitrogens with one attached hydrogen (secondary N) is 1. The monoisotopic (exact) mass is 284 g/mol. The predicted octanol–water partition coefficient (Wildman–Crippen LogP) is 1.77. The van der Waals surface area contributed by atoms with Crippen molar-refractivity contribution < 1.29 is 14.4 Å². The first kappa shape index (κ1) is 14.4. The van der Waals surface area contributed by atoms with Crippen LogP contribution in [0.15, 0.2) is 0 Å². The van der Waals surface area contributed by atoms with Gasteiger partial charge in [0.05, 0.1) is 0 Å². The molecule has 1 saturated heterocycles. The number of nitrogens with zero attached hydrogens (tertiary/aromatic N) is 1. The molecule has 2 aliphatic rings. The topological polar surface area (TPSA) is 66.5 Å². The predicted molar refractivity (Wildman–Crippen MR) is 73.7 cm³/mol. The smallest absolute Gasteiger partial charge is 0.277 e. The van der Waals surface area contributed by atoms with Crippen molar-refractivity contribution in [2.24, 2.45) is 5.41 Å². The fourth-order valence-corrected chi connectivity index (χ4v) is 3.12. The lowest BCUT2D eigenvalue weighted by atomic mass is 9.71. The Hall–Kier alpha value is -1.04. The van der Waals surface area contributed by atoms with Crippen LogP contribution in [0.25, 0.3) is 0 Å². The summed E-state index contributed by atoms with van der Waals surface area (Å²) in [4.78, 5) is 37.8. The van der Waals surface area contributed by atoms with Gasteiger partial charge in [0.15, 0.2) is 0 Å². The minimum Gasteiger partial charge on any atom is -0.277 e. The average Bonchev–Trinajstić information content (AvgIpc) is 2.42. The van der Waals surface area contributed by atoms with E-state index in [0.717, 1.165) is 19.3 Å². The lowest BCUT2D eigenvalue weighted by Gasteiger charge is -2.41. The summed E-state index contributed by atoms with van der Waals surface area (Å²) in [5, 5.41) is 2.54. The zero-order valence-electron chi connectivity index (χ0n) is 11.4. The number of imide groups is 2. The third-order valence-electron chi connectivity index (χ3n) is 4.10. The van der Waals surface area contributed by atoms with Gasteiger partial charge in [-0.05, 0) is 19.1 Å². The van der Waals surface area contributed by atoms with Crippen molar-refractivity contribution in [3.63, 3.8) is 0 Å². The molecule has 106 valence electrons. The molecule has 4 amide bonds. The van der Waals surface area contributed by atoms with E-state index in [1.807, 2.05) is 13.2 Å². The molecule has 0 aromatic heterocycles. The van der Waals surface area contributed by atoms with E-state index in [1.54, 1.807) is 11.8 Å². The van der Waals surface area contributed by atoms with Crippen LogP contribution in [-0.2, 0) is 9.59 Å². The Morgan fingerprint density at radius 1 is 1.26 bits per heavy atom. The summed E-state index contributed by atoms with van der Waals surface area (Å²) in [5.41, 5.74) is -0.982. The van der Waals surface area contributed by atoms with Crippen LogP contribution < -0.4 is 5.32 Å². The van der Waals surface area contributed by atoms with Crippen molar-refractivity contribution in [1.29, 1.82) is 0 Å². The molecule has 1 atom stereocenters. The summed E-state index contributed by atoms with van der Waals surface area (Å²) in [6, 6.07) is -0.563. The Morgan fingerprint density at radius 3 is 2.47 bits per heavy atom. The molecule has 5 nitrogen and oxygen atoms in total. The van der Waals surface area contributed by atoms with Crippen LogP contribution in [-0.4, -0.2) is 40.8 Å². The number of rotatable bonds is 3. The number of barbiturate groups is 1. The number of amides is 4. The molecule has 1 spiro atoms. The van der Waals surface area contributed by atoms with Crippen LogP contribution in [0, 0.1) is 5.41 Å². The van der Waals surface area contributed by atoms with Crippen LogP contribution in [0.2, 0.25) is 0 Å². The molecule has 19 heavy (non-hydrogen) atoms. The van der Waals surface area contributed by atoms with E-state index in [2.05, 4.69) is 5.32 Å². The Kier molecular flexibility index (Phi) is 4.18. The second-order valence-electron chi connectivity index (χ2n) is 5.36. The lowest BCUT2D eigenvalue weighted by Crippen LogP contribution is -2.65. The number of hydrogen-bond acceptors (Lipinski definition) is 4. The molecule has 1 N–H and O–H groups in total. The highest BCUT2D eigenvalue weighted by Crippen LogP contribution is 2.40. The van der Waals surface area contributed by atoms with Crippen molar-refractivity contribution in [3.05, 3.63) is 0 Å². The van der Waals surface area contributed by atoms with Gasteiger partial charge in [-0.3, -0.25) is 19.8 Å². The number of carbonyl (C=O) groups is 3. The Labute approximate surface area is 117 Å². The van der Waals surface area contributed by atoms with Crippen LogP contribution in [0.3, 0.4) is 0 Å². The van der Waals surface area contributed by atoms with E-state index in [0.29, 0.717) is 19.4 Å². The van der Waals surface area contributed by atoms with Gasteiger partial charge in [-0.2, -0.15) is 11.8 Å². The Bertz CT molecular complexity index is 405. The van der Waals surface area contributed by atoms with Gasteiger partial charge in [0.2, 0.25) is 11.8 Å². The van der Waals surface area contributed by atoms with Crippen molar-refractivity contribution in [2.45, 2.75) is 44.3 Å². The highest BCUT2D eigenvalue weighted by atomic mass is 32.2. The summed E-state index contributed by atoms with van der Waals surface area (Å²) in [7, 11) is 0. The molecule has 1 heterocycles. The number of carbonyl (C=O) groups excluding carboxylic acids is 3. The first-order valence-corrected chi connectivity index (χ1v) is 8.00. The highest BCUT2D eigenvalue weighted by Gasteiger charge is 2.53. The molecule has 2 rings (SSSR count). The SMILES string of the molecule is CSC(C)CN1C(=O)NC(=O)C2(CCCCC2)C1=O. The molecule has 0 aromatic carbocycles. The van der Waals surface area contributed by atoms with Crippen LogP contribution in [0.1, 0.15) is 39.0 Å². The molecule has 1 aliphatic carbocycles. The fraction of sp³-hybridized carbons (Fsp3) is 0.769. The van der Waals surface area contributed by atoms with Gasteiger partial charge in [0, 0.05) is 11.8 Å². The second kappa shape index (κ2) is 5.53. The van der Waals surface area contributed by atoms with Gasteiger partial charge in [-0.1, -0.05) is 26.2 Å². The van der Waals surface area contributed by atoms with E-state index in [-0.39, 0.29) is 11.2 Å². The lowest BCUT2D eigenvalue weighted by molar-refractivity contribution is -0.153. The zero-order chi connectivity index (χ0) is 14.0. The maximum absolute atomic E-state index is 12.6. The molecule has 2 fully saturated rings. The van der Waals surface area contributed by atoms with Crippen LogP contribution in [0.4, 0.5) is 4.79 Å². The van der Waals surface area contributed by atoms with Gasteiger partial charge in [0.1, 0.15) is 5.41 Å². The van der Waals surface area contributed by atoms with Crippen molar-refractivity contribution >= 4 is 29.6 Å². The molecule has 0 aromatic rings. The van der Waals surface area contributed by atoms with Gasteiger partial charge in [0.25, 0.3) is 0 Å². The minimum atomic E-state index is -0.982. The third-order valence-corrected chi connectivity index (χ3v) is 5.06. The fourth-order valence-electron chi connectivity index (χ4n) is 2.83. The average molecular weight is 284 g/mol. The Morgan fingerprint density at radius 2 is 1.89 bits per heavy atom. The van der Waals surface area contributed by atoms with E-state index >= 15 is 0 Å². The van der Waals surface area contributed by atoms with Crippen molar-refractivity contribution in [1.82, 2.24) is 10.2 Å². The maximum Gasteiger partial charge on any atom is 0.330 e. The first-order chi connectivity index (χ1) is 9.01. The molecule has 0 radical (unpaired) electrons. The van der Waals surface area contributed by atoms with E-state index in [9.17, 15) is 14.4 Å². The zero-order valence-corrected chi connectivity index (χ0v) is 12.2. The maximum atomic E-state index is 12.6. The van der Waals surface area contributed by atoms with Crippen molar-refractivity contribution in [2.75, 3.05) is 12.8 Å². The molecule has 1 unspecified atom stereocenters. The Balaban J connectivity index is 2.23. The van der Waals surface area contributed by atoms with Crippen LogP contribution in [0.5, 0.6) is 0 Å². The summed E-state index contributed by atoms with van der Waals surface area (Å²) in [5.74, 6) is -0.683. The number of hydrogen-bond donors (Lipinski definition) is 1. The quantitative estimate of drug-likeness (QED) is 0.802. The van der Waals surface area contributed by atoms with Gasteiger partial charge >= 0.3 is 6.03 Å². The van der Waals surface area contributed by atoms with Crippen LogP contribution >= 0.6 is 11.8 Å². The van der Waals surface area contributed by atoms with Gasteiger partial charge in [-0.25, -0.2) is 4.79 Å². The third kappa shape index (κ3) is 2.50. The van der Waals surface area contributed by atoms with E-state index in [1.165, 1.54) is 4.90 Å². The first-order valence-electron chi connectivity index (χ1n) is 6.71. The molecule has 1 saturated carbocycles. The van der Waals surface area contributed by atoms with E-state index in [4.69, 9.17) is 0 Å². The standard InChI is InChI=1S/C13H20N2O3S/c1-9(19-2)8-15-11(17)13(6-4-3-5-7-13)10(16)14-12(15)18/h9H,3-8H2,1-2H3,(H,14,16,18). The largest absolute Gasteiger partial charge is 0.330 e.